The number of hydrogen-bond donors (Lipinski definition) is 1. The van der Waals surface area contributed by atoms with E-state index in [0.29, 0.717) is 12.0 Å². The Morgan fingerprint density at radius 2 is 1.72 bits per heavy atom. The smallest absolute Gasteiger partial charge is 0.0230 e. The lowest BCUT2D eigenvalue weighted by Crippen LogP contribution is -2.33. The van der Waals surface area contributed by atoms with Crippen molar-refractivity contribution in [2.45, 2.75) is 40.3 Å². The van der Waals surface area contributed by atoms with Crippen LogP contribution >= 0.6 is 0 Å². The molecular weight excluding hydrogens is 220 g/mol. The topological polar surface area (TPSA) is 15.3 Å². The summed E-state index contributed by atoms with van der Waals surface area (Å²) in [6.07, 6.45) is 0. The Morgan fingerprint density at radius 3 is 2.28 bits per heavy atom. The molecule has 0 spiro atoms. The summed E-state index contributed by atoms with van der Waals surface area (Å²) in [5.74, 6) is 0.683. The maximum atomic E-state index is 3.50. The van der Waals surface area contributed by atoms with E-state index in [1.165, 1.54) is 11.1 Å². The first-order chi connectivity index (χ1) is 8.47. The highest BCUT2D eigenvalue weighted by Crippen LogP contribution is 2.07. The van der Waals surface area contributed by atoms with Crippen LogP contribution in [0.4, 0.5) is 0 Å². The van der Waals surface area contributed by atoms with Crippen molar-refractivity contribution < 1.29 is 0 Å². The number of rotatable bonds is 7. The van der Waals surface area contributed by atoms with Gasteiger partial charge in [0.05, 0.1) is 0 Å². The van der Waals surface area contributed by atoms with Gasteiger partial charge in [-0.05, 0) is 32.0 Å². The molecule has 1 rings (SSSR count). The maximum absolute atomic E-state index is 3.50. The second kappa shape index (κ2) is 7.55. The van der Waals surface area contributed by atoms with Crippen molar-refractivity contribution in [1.82, 2.24) is 10.2 Å². The second-order valence-corrected chi connectivity index (χ2v) is 5.85. The van der Waals surface area contributed by atoms with Gasteiger partial charge in [0.1, 0.15) is 0 Å². The highest BCUT2D eigenvalue weighted by Gasteiger charge is 2.07. The molecule has 1 aromatic rings. The molecule has 1 aromatic carbocycles. The Bertz CT molecular complexity index is 329. The van der Waals surface area contributed by atoms with E-state index in [-0.39, 0.29) is 0 Å². The number of hydrogen-bond acceptors (Lipinski definition) is 2. The minimum atomic E-state index is 0.579. The van der Waals surface area contributed by atoms with Crippen LogP contribution in [0.15, 0.2) is 24.3 Å². The molecule has 0 saturated carbocycles. The standard InChI is InChI=1S/C16H28N2/c1-13(2)17-10-15(4)11-18(5)12-16-8-6-14(3)7-9-16/h6-9,13,15,17H,10-12H2,1-5H3. The van der Waals surface area contributed by atoms with Crippen molar-refractivity contribution in [3.63, 3.8) is 0 Å². The van der Waals surface area contributed by atoms with E-state index in [1.54, 1.807) is 0 Å². The third-order valence-electron chi connectivity index (χ3n) is 3.07. The molecule has 18 heavy (non-hydrogen) atoms. The van der Waals surface area contributed by atoms with Gasteiger partial charge in [0.25, 0.3) is 0 Å². The van der Waals surface area contributed by atoms with E-state index in [2.05, 4.69) is 69.2 Å². The van der Waals surface area contributed by atoms with Gasteiger partial charge in [-0.3, -0.25) is 0 Å². The number of nitrogens with one attached hydrogen (secondary N) is 1. The van der Waals surface area contributed by atoms with Crippen LogP contribution in [0.3, 0.4) is 0 Å². The van der Waals surface area contributed by atoms with Gasteiger partial charge in [-0.2, -0.15) is 0 Å². The molecule has 0 radical (unpaired) electrons. The van der Waals surface area contributed by atoms with Crippen LogP contribution in [0, 0.1) is 12.8 Å². The minimum absolute atomic E-state index is 0.579. The molecule has 1 N–H and O–H groups in total. The fourth-order valence-electron chi connectivity index (χ4n) is 2.10. The predicted octanol–water partition coefficient (Wildman–Crippen LogP) is 3.06. The number of nitrogens with zero attached hydrogens (tertiary/aromatic N) is 1. The van der Waals surface area contributed by atoms with E-state index >= 15 is 0 Å². The first-order valence-corrected chi connectivity index (χ1v) is 6.95. The molecular formula is C16H28N2. The third-order valence-corrected chi connectivity index (χ3v) is 3.07. The summed E-state index contributed by atoms with van der Waals surface area (Å²) >= 11 is 0. The molecule has 0 aliphatic rings. The first-order valence-electron chi connectivity index (χ1n) is 6.95. The van der Waals surface area contributed by atoms with Gasteiger partial charge in [0, 0.05) is 19.1 Å². The van der Waals surface area contributed by atoms with Gasteiger partial charge in [0.15, 0.2) is 0 Å². The van der Waals surface area contributed by atoms with E-state index < -0.39 is 0 Å². The molecule has 2 nitrogen and oxygen atoms in total. The Kier molecular flexibility index (Phi) is 6.37. The van der Waals surface area contributed by atoms with Crippen molar-refractivity contribution >= 4 is 0 Å². The van der Waals surface area contributed by atoms with Gasteiger partial charge in [0.2, 0.25) is 0 Å². The van der Waals surface area contributed by atoms with Crippen LogP contribution in [0.25, 0.3) is 0 Å². The highest BCUT2D eigenvalue weighted by atomic mass is 15.1. The summed E-state index contributed by atoms with van der Waals surface area (Å²) in [4.78, 5) is 2.40. The largest absolute Gasteiger partial charge is 0.314 e. The van der Waals surface area contributed by atoms with Gasteiger partial charge < -0.3 is 10.2 Å². The molecule has 0 aliphatic heterocycles. The Labute approximate surface area is 112 Å². The summed E-state index contributed by atoms with van der Waals surface area (Å²) < 4.78 is 0. The summed E-state index contributed by atoms with van der Waals surface area (Å²) in [5.41, 5.74) is 2.73. The summed E-state index contributed by atoms with van der Waals surface area (Å²) in [7, 11) is 2.20. The second-order valence-electron chi connectivity index (χ2n) is 5.85. The monoisotopic (exact) mass is 248 g/mol. The Balaban J connectivity index is 2.32. The maximum Gasteiger partial charge on any atom is 0.0230 e. The molecule has 0 heterocycles. The fourth-order valence-corrected chi connectivity index (χ4v) is 2.10. The summed E-state index contributed by atoms with van der Waals surface area (Å²) in [5, 5.41) is 3.50. The molecule has 1 unspecified atom stereocenters. The van der Waals surface area contributed by atoms with Crippen molar-refractivity contribution in [2.75, 3.05) is 20.1 Å². The van der Waals surface area contributed by atoms with E-state index in [1.807, 2.05) is 0 Å². The van der Waals surface area contributed by atoms with Gasteiger partial charge in [-0.15, -0.1) is 0 Å². The zero-order valence-corrected chi connectivity index (χ0v) is 12.5. The highest BCUT2D eigenvalue weighted by molar-refractivity contribution is 5.21. The van der Waals surface area contributed by atoms with Crippen LogP contribution in [0.5, 0.6) is 0 Å². The molecule has 0 amide bonds. The van der Waals surface area contributed by atoms with E-state index in [0.717, 1.165) is 19.6 Å². The lowest BCUT2D eigenvalue weighted by atomic mass is 10.1. The summed E-state index contributed by atoms with van der Waals surface area (Å²) in [6, 6.07) is 9.40. The van der Waals surface area contributed by atoms with Gasteiger partial charge >= 0.3 is 0 Å². The molecule has 0 aromatic heterocycles. The molecule has 0 aliphatic carbocycles. The quantitative estimate of drug-likeness (QED) is 0.798. The lowest BCUT2D eigenvalue weighted by Gasteiger charge is -2.22. The number of benzene rings is 1. The number of aryl methyl sites for hydroxylation is 1. The van der Waals surface area contributed by atoms with E-state index in [4.69, 9.17) is 0 Å². The molecule has 0 saturated heterocycles. The van der Waals surface area contributed by atoms with Crippen molar-refractivity contribution in [2.24, 2.45) is 5.92 Å². The van der Waals surface area contributed by atoms with Crippen molar-refractivity contribution in [1.29, 1.82) is 0 Å². The van der Waals surface area contributed by atoms with Crippen molar-refractivity contribution in [3.05, 3.63) is 35.4 Å². The Hall–Kier alpha value is -0.860. The SMILES string of the molecule is Cc1ccc(CN(C)CC(C)CNC(C)C)cc1. The van der Waals surface area contributed by atoms with Crippen LogP contribution in [0.1, 0.15) is 31.9 Å². The third kappa shape index (κ3) is 6.18. The van der Waals surface area contributed by atoms with Crippen molar-refractivity contribution in [3.8, 4) is 0 Å². The average Bonchev–Trinajstić information content (AvgIpc) is 2.29. The van der Waals surface area contributed by atoms with Crippen LogP contribution in [-0.4, -0.2) is 31.1 Å². The predicted molar refractivity (Wildman–Crippen MR) is 79.8 cm³/mol. The minimum Gasteiger partial charge on any atom is -0.314 e. The van der Waals surface area contributed by atoms with E-state index in [9.17, 15) is 0 Å². The summed E-state index contributed by atoms with van der Waals surface area (Å²) in [6.45, 7) is 12.1. The average molecular weight is 248 g/mol. The first kappa shape index (κ1) is 15.2. The molecule has 2 heteroatoms. The van der Waals surface area contributed by atoms with Crippen LogP contribution in [-0.2, 0) is 6.54 Å². The van der Waals surface area contributed by atoms with Crippen LogP contribution in [0.2, 0.25) is 0 Å². The molecule has 102 valence electrons. The zero-order valence-electron chi connectivity index (χ0n) is 12.5. The molecule has 1 atom stereocenters. The van der Waals surface area contributed by atoms with Gasteiger partial charge in [-0.25, -0.2) is 0 Å². The zero-order chi connectivity index (χ0) is 13.5. The van der Waals surface area contributed by atoms with Crippen LogP contribution < -0.4 is 5.32 Å². The Morgan fingerprint density at radius 1 is 1.11 bits per heavy atom. The fraction of sp³-hybridized carbons (Fsp3) is 0.625. The molecule has 0 fully saturated rings. The lowest BCUT2D eigenvalue weighted by molar-refractivity contribution is 0.271. The normalized spacial score (nSPS) is 13.3. The van der Waals surface area contributed by atoms with Gasteiger partial charge in [-0.1, -0.05) is 50.6 Å². The molecule has 0 bridgehead atoms.